The smallest absolute Gasteiger partial charge is 0.410 e. The summed E-state index contributed by atoms with van der Waals surface area (Å²) in [6.45, 7) is 11.8. The van der Waals surface area contributed by atoms with Gasteiger partial charge in [-0.3, -0.25) is 0 Å². The number of piperidine rings is 2. The molecule has 2 heterocycles. The van der Waals surface area contributed by atoms with E-state index >= 15 is 0 Å². The molecule has 0 aromatic heterocycles. The number of carbonyl (C=O) groups excluding carboxylic acids is 1. The number of nitrogens with zero attached hydrogens (tertiary/aromatic N) is 2. The molecule has 0 aliphatic carbocycles. The summed E-state index contributed by atoms with van der Waals surface area (Å²) < 4.78 is 33.5. The molecule has 2 saturated heterocycles. The van der Waals surface area contributed by atoms with Crippen LogP contribution in [0.1, 0.15) is 69.1 Å². The number of hydrogen-bond acceptors (Lipinski definition) is 4. The highest BCUT2D eigenvalue weighted by Gasteiger charge is 2.38. The highest BCUT2D eigenvalue weighted by Crippen LogP contribution is 2.33. The quantitative estimate of drug-likeness (QED) is 0.712. The van der Waals surface area contributed by atoms with E-state index in [1.54, 1.807) is 9.21 Å². The van der Waals surface area contributed by atoms with E-state index in [1.165, 1.54) is 16.7 Å². The lowest BCUT2D eigenvalue weighted by Crippen LogP contribution is -2.49. The van der Waals surface area contributed by atoms with E-state index in [0.717, 1.165) is 12.8 Å². The number of carbonyl (C=O) groups is 1. The van der Waals surface area contributed by atoms with Gasteiger partial charge in [0.1, 0.15) is 5.60 Å². The Kier molecular flexibility index (Phi) is 6.82. The third-order valence-corrected chi connectivity index (χ3v) is 8.59. The van der Waals surface area contributed by atoms with E-state index in [4.69, 9.17) is 4.74 Å². The number of sulfonamides is 1. The van der Waals surface area contributed by atoms with E-state index in [-0.39, 0.29) is 6.09 Å². The molecule has 2 fully saturated rings. The molecule has 1 amide bonds. The molecule has 0 saturated carbocycles. The Balaban J connectivity index is 1.55. The van der Waals surface area contributed by atoms with Gasteiger partial charge >= 0.3 is 6.09 Å². The van der Waals surface area contributed by atoms with Crippen LogP contribution in [0.4, 0.5) is 4.79 Å². The van der Waals surface area contributed by atoms with Crippen molar-refractivity contribution in [3.63, 3.8) is 0 Å². The van der Waals surface area contributed by atoms with Crippen LogP contribution in [0.3, 0.4) is 0 Å². The fourth-order valence-corrected chi connectivity index (χ4v) is 6.53. The van der Waals surface area contributed by atoms with Gasteiger partial charge in [0.2, 0.25) is 10.0 Å². The Labute approximate surface area is 181 Å². The summed E-state index contributed by atoms with van der Waals surface area (Å²) in [4.78, 5) is 13.9. The second kappa shape index (κ2) is 8.87. The SMILES string of the molecule is Cc1ccc(C2CCN(S(=O)(=O)C3CCN(C(=O)OC(C)(C)C)CC3)CC2)c(C)c1. The maximum Gasteiger partial charge on any atom is 0.410 e. The zero-order valence-electron chi connectivity index (χ0n) is 19.0. The first-order valence-electron chi connectivity index (χ1n) is 11.0. The van der Waals surface area contributed by atoms with Crippen LogP contribution < -0.4 is 0 Å². The molecule has 7 heteroatoms. The van der Waals surface area contributed by atoms with Crippen molar-refractivity contribution < 1.29 is 17.9 Å². The van der Waals surface area contributed by atoms with Gasteiger partial charge < -0.3 is 9.64 Å². The Hall–Kier alpha value is -1.60. The number of hydrogen-bond donors (Lipinski definition) is 0. The third-order valence-electron chi connectivity index (χ3n) is 6.19. The molecule has 0 radical (unpaired) electrons. The summed E-state index contributed by atoms with van der Waals surface area (Å²) in [6.07, 6.45) is 2.31. The maximum atomic E-state index is 13.2. The van der Waals surface area contributed by atoms with Crippen molar-refractivity contribution in [1.29, 1.82) is 0 Å². The zero-order valence-corrected chi connectivity index (χ0v) is 19.8. The van der Waals surface area contributed by atoms with Gasteiger partial charge in [-0.15, -0.1) is 0 Å². The van der Waals surface area contributed by atoms with Gasteiger partial charge in [0.15, 0.2) is 0 Å². The molecule has 2 aliphatic rings. The third kappa shape index (κ3) is 5.35. The van der Waals surface area contributed by atoms with Crippen molar-refractivity contribution in [3.05, 3.63) is 34.9 Å². The average molecular weight is 437 g/mol. The van der Waals surface area contributed by atoms with E-state index in [0.29, 0.717) is 44.9 Å². The predicted molar refractivity (Wildman–Crippen MR) is 119 cm³/mol. The van der Waals surface area contributed by atoms with Crippen LogP contribution >= 0.6 is 0 Å². The van der Waals surface area contributed by atoms with Crippen LogP contribution in [-0.4, -0.2) is 60.7 Å². The topological polar surface area (TPSA) is 66.9 Å². The molecule has 168 valence electrons. The lowest BCUT2D eigenvalue weighted by Gasteiger charge is -2.37. The molecule has 1 aromatic rings. The van der Waals surface area contributed by atoms with E-state index < -0.39 is 20.9 Å². The molecule has 3 rings (SSSR count). The minimum Gasteiger partial charge on any atom is -0.444 e. The Morgan fingerprint density at radius 2 is 1.60 bits per heavy atom. The number of aryl methyl sites for hydroxylation is 2. The Morgan fingerprint density at radius 3 is 2.13 bits per heavy atom. The minimum atomic E-state index is -3.34. The minimum absolute atomic E-state index is 0.354. The second-order valence-electron chi connectivity index (χ2n) is 9.75. The average Bonchev–Trinajstić information content (AvgIpc) is 2.67. The molecule has 0 spiro atoms. The summed E-state index contributed by atoms with van der Waals surface area (Å²) in [5, 5.41) is -0.408. The molecule has 0 N–H and O–H groups in total. The lowest BCUT2D eigenvalue weighted by molar-refractivity contribution is 0.0216. The largest absolute Gasteiger partial charge is 0.444 e. The standard InChI is InChI=1S/C23H36N2O4S/c1-17-6-7-21(18(2)16-17)19-8-14-25(15-9-19)30(27,28)20-10-12-24(13-11-20)22(26)29-23(3,4)5/h6-7,16,19-20H,8-15H2,1-5H3. The first-order chi connectivity index (χ1) is 14.0. The fourth-order valence-electron chi connectivity index (χ4n) is 4.58. The summed E-state index contributed by atoms with van der Waals surface area (Å²) in [7, 11) is -3.34. The number of amides is 1. The van der Waals surface area contributed by atoms with Crippen LogP contribution in [0.25, 0.3) is 0 Å². The van der Waals surface area contributed by atoms with Crippen molar-refractivity contribution in [2.45, 2.75) is 77.1 Å². The molecule has 0 unspecified atom stereocenters. The fraction of sp³-hybridized carbons (Fsp3) is 0.696. The van der Waals surface area contributed by atoms with Crippen molar-refractivity contribution in [2.75, 3.05) is 26.2 Å². The zero-order chi connectivity index (χ0) is 22.1. The van der Waals surface area contributed by atoms with Crippen molar-refractivity contribution in [1.82, 2.24) is 9.21 Å². The van der Waals surface area contributed by atoms with Gasteiger partial charge in [-0.1, -0.05) is 23.8 Å². The summed E-state index contributed by atoms with van der Waals surface area (Å²) in [5.41, 5.74) is 3.36. The van der Waals surface area contributed by atoms with E-state index in [2.05, 4.69) is 32.0 Å². The predicted octanol–water partition coefficient (Wildman–Crippen LogP) is 4.21. The number of ether oxygens (including phenoxy) is 1. The highest BCUT2D eigenvalue weighted by molar-refractivity contribution is 7.89. The molecule has 2 aliphatic heterocycles. The van der Waals surface area contributed by atoms with Gasteiger partial charge in [-0.2, -0.15) is 0 Å². The molecule has 6 nitrogen and oxygen atoms in total. The van der Waals surface area contributed by atoms with Crippen LogP contribution in [-0.2, 0) is 14.8 Å². The molecule has 1 aromatic carbocycles. The summed E-state index contributed by atoms with van der Waals surface area (Å²) >= 11 is 0. The maximum absolute atomic E-state index is 13.2. The van der Waals surface area contributed by atoms with Crippen molar-refractivity contribution >= 4 is 16.1 Å². The summed E-state index contributed by atoms with van der Waals surface area (Å²) in [6, 6.07) is 6.55. The van der Waals surface area contributed by atoms with Crippen molar-refractivity contribution in [2.24, 2.45) is 0 Å². The van der Waals surface area contributed by atoms with Crippen LogP contribution in [0.2, 0.25) is 0 Å². The summed E-state index contributed by atoms with van der Waals surface area (Å²) in [5.74, 6) is 0.422. The number of likely N-dealkylation sites (tertiary alicyclic amines) is 1. The van der Waals surface area contributed by atoms with Gasteiger partial charge in [0.05, 0.1) is 5.25 Å². The Morgan fingerprint density at radius 1 is 1.00 bits per heavy atom. The Bertz CT molecular complexity index is 860. The number of rotatable bonds is 3. The normalized spacial score (nSPS) is 20.4. The van der Waals surface area contributed by atoms with Gasteiger partial charge in [-0.05, 0) is 77.3 Å². The van der Waals surface area contributed by atoms with Gasteiger partial charge in [0, 0.05) is 26.2 Å². The van der Waals surface area contributed by atoms with Gasteiger partial charge in [-0.25, -0.2) is 17.5 Å². The molecular formula is C23H36N2O4S. The lowest BCUT2D eigenvalue weighted by atomic mass is 9.87. The molecular weight excluding hydrogens is 400 g/mol. The second-order valence-corrected chi connectivity index (χ2v) is 12.0. The van der Waals surface area contributed by atoms with Gasteiger partial charge in [0.25, 0.3) is 0 Å². The molecule has 0 atom stereocenters. The first kappa shape index (κ1) is 23.1. The van der Waals surface area contributed by atoms with E-state index in [9.17, 15) is 13.2 Å². The van der Waals surface area contributed by atoms with Crippen LogP contribution in [0.5, 0.6) is 0 Å². The van der Waals surface area contributed by atoms with E-state index in [1.807, 2.05) is 20.8 Å². The monoisotopic (exact) mass is 436 g/mol. The van der Waals surface area contributed by atoms with Crippen molar-refractivity contribution in [3.8, 4) is 0 Å². The highest BCUT2D eigenvalue weighted by atomic mass is 32.2. The molecule has 30 heavy (non-hydrogen) atoms. The van der Waals surface area contributed by atoms with Crippen LogP contribution in [0, 0.1) is 13.8 Å². The van der Waals surface area contributed by atoms with Crippen LogP contribution in [0.15, 0.2) is 18.2 Å². The first-order valence-corrected chi connectivity index (χ1v) is 12.5. The number of benzene rings is 1. The molecule has 0 bridgehead atoms.